The fourth-order valence-electron chi connectivity index (χ4n) is 1.03. The van der Waals surface area contributed by atoms with Gasteiger partial charge in [0.1, 0.15) is 5.75 Å². The van der Waals surface area contributed by atoms with Gasteiger partial charge in [0.2, 0.25) is 0 Å². The molecule has 1 atom stereocenters. The van der Waals surface area contributed by atoms with E-state index in [1.54, 1.807) is 0 Å². The maximum absolute atomic E-state index is 11.4. The van der Waals surface area contributed by atoms with Crippen LogP contribution in [-0.4, -0.2) is 35.7 Å². The predicted octanol–water partition coefficient (Wildman–Crippen LogP) is 0.282. The van der Waals surface area contributed by atoms with Crippen LogP contribution in [0, 0.1) is 0 Å². The van der Waals surface area contributed by atoms with Crippen LogP contribution in [0.25, 0.3) is 0 Å². The molecule has 0 saturated heterocycles. The lowest BCUT2D eigenvalue weighted by atomic mass is 10.4. The molecule has 0 aromatic heterocycles. The van der Waals surface area contributed by atoms with Crippen LogP contribution in [0.1, 0.15) is 0 Å². The summed E-state index contributed by atoms with van der Waals surface area (Å²) in [5.41, 5.74) is 0. The molecule has 1 rings (SSSR count). The molecule has 0 bridgehead atoms. The molecule has 1 N–H and O–H groups in total. The third kappa shape index (κ3) is 3.42. The molecule has 88 valence electrons. The summed E-state index contributed by atoms with van der Waals surface area (Å²) < 4.78 is 33.6. The minimum absolute atomic E-state index is 0.114. The van der Waals surface area contributed by atoms with Gasteiger partial charge < -0.3 is 5.11 Å². The molecule has 16 heavy (non-hydrogen) atoms. The monoisotopic (exact) mass is 262 g/mol. The van der Waals surface area contributed by atoms with Crippen molar-refractivity contribution in [3.05, 3.63) is 24.3 Å². The van der Waals surface area contributed by atoms with Gasteiger partial charge in [0, 0.05) is 11.2 Å². The third-order valence-electron chi connectivity index (χ3n) is 1.77. The minimum atomic E-state index is -3.28. The molecule has 0 amide bonds. The molecule has 0 saturated carbocycles. The van der Waals surface area contributed by atoms with Crippen LogP contribution in [-0.2, 0) is 25.4 Å². The van der Waals surface area contributed by atoms with E-state index in [0.29, 0.717) is 4.90 Å². The van der Waals surface area contributed by atoms with E-state index in [-0.39, 0.29) is 4.90 Å². The Bertz CT molecular complexity index is 515. The maximum atomic E-state index is 11.4. The summed E-state index contributed by atoms with van der Waals surface area (Å²) >= 11 is 0. The molecule has 5 nitrogen and oxygen atoms in total. The highest BCUT2D eigenvalue weighted by Gasteiger charge is 2.11. The highest BCUT2D eigenvalue weighted by molar-refractivity contribution is 7.90. The van der Waals surface area contributed by atoms with Gasteiger partial charge in [-0.2, -0.15) is 0 Å². The summed E-state index contributed by atoms with van der Waals surface area (Å²) in [6.07, 6.45) is 1.07. The maximum Gasteiger partial charge on any atom is 0.316 e. The Morgan fingerprint density at radius 3 is 2.19 bits per heavy atom. The van der Waals surface area contributed by atoms with E-state index >= 15 is 0 Å². The molecule has 1 aromatic rings. The number of hydrogen-bond donors (Lipinski definition) is 1. The Labute approximate surface area is 95.5 Å². The van der Waals surface area contributed by atoms with Gasteiger partial charge in [-0.1, -0.05) is 0 Å². The Morgan fingerprint density at radius 1 is 1.31 bits per heavy atom. The van der Waals surface area contributed by atoms with Gasteiger partial charge in [-0.25, -0.2) is 8.42 Å². The van der Waals surface area contributed by atoms with Crippen molar-refractivity contribution in [2.24, 2.45) is 0 Å². The van der Waals surface area contributed by atoms with Crippen molar-refractivity contribution in [2.45, 2.75) is 9.79 Å². The lowest BCUT2D eigenvalue weighted by Gasteiger charge is -2.01. The zero-order chi connectivity index (χ0) is 12.3. The average Bonchev–Trinajstić information content (AvgIpc) is 2.15. The van der Waals surface area contributed by atoms with E-state index in [9.17, 15) is 17.4 Å². The lowest BCUT2D eigenvalue weighted by molar-refractivity contribution is -0.133. The van der Waals surface area contributed by atoms with Gasteiger partial charge in [-0.3, -0.25) is 9.00 Å². The molecule has 0 radical (unpaired) electrons. The molecule has 0 heterocycles. The van der Waals surface area contributed by atoms with Crippen molar-refractivity contribution in [1.82, 2.24) is 0 Å². The summed E-state index contributed by atoms with van der Waals surface area (Å²) in [7, 11) is -4.93. The second-order valence-corrected chi connectivity index (χ2v) is 6.59. The minimum Gasteiger partial charge on any atom is -0.481 e. The van der Waals surface area contributed by atoms with Gasteiger partial charge in [0.25, 0.3) is 0 Å². The van der Waals surface area contributed by atoms with Crippen LogP contribution in [0.15, 0.2) is 34.1 Å². The van der Waals surface area contributed by atoms with Gasteiger partial charge in [-0.05, 0) is 24.3 Å². The van der Waals surface area contributed by atoms with Crippen LogP contribution >= 0.6 is 0 Å². The number of benzene rings is 1. The fraction of sp³-hybridized carbons (Fsp3) is 0.222. The van der Waals surface area contributed by atoms with E-state index in [0.717, 1.165) is 6.26 Å². The molecule has 0 aliphatic rings. The molecular formula is C9H10O5S2. The number of rotatable bonds is 4. The number of carbonyl (C=O) groups is 1. The van der Waals surface area contributed by atoms with Crippen LogP contribution < -0.4 is 0 Å². The first kappa shape index (κ1) is 12.9. The first-order valence-electron chi connectivity index (χ1n) is 4.21. The number of sulfone groups is 1. The van der Waals surface area contributed by atoms with Crippen molar-refractivity contribution in [3.63, 3.8) is 0 Å². The van der Waals surface area contributed by atoms with E-state index in [4.69, 9.17) is 5.11 Å². The van der Waals surface area contributed by atoms with E-state index in [2.05, 4.69) is 0 Å². The van der Waals surface area contributed by atoms with E-state index < -0.39 is 32.4 Å². The molecule has 1 aromatic carbocycles. The summed E-state index contributed by atoms with van der Waals surface area (Å²) in [6, 6.07) is 5.33. The van der Waals surface area contributed by atoms with Crippen molar-refractivity contribution in [1.29, 1.82) is 0 Å². The summed E-state index contributed by atoms with van der Waals surface area (Å²) in [5, 5.41) is 8.44. The van der Waals surface area contributed by atoms with Crippen molar-refractivity contribution >= 4 is 26.6 Å². The molecule has 0 aliphatic carbocycles. The molecule has 1 unspecified atom stereocenters. The van der Waals surface area contributed by atoms with Gasteiger partial charge in [-0.15, -0.1) is 0 Å². The van der Waals surface area contributed by atoms with Crippen molar-refractivity contribution in [2.75, 3.05) is 12.0 Å². The zero-order valence-electron chi connectivity index (χ0n) is 8.41. The Hall–Kier alpha value is -1.21. The summed E-state index contributed by atoms with van der Waals surface area (Å²) in [5.74, 6) is -1.65. The molecular weight excluding hydrogens is 252 g/mol. The standard InChI is InChI=1S/C9H10O5S2/c1-16(13,14)8-4-2-7(3-5-8)15(12)6-9(10)11/h2-5H,6H2,1H3,(H,10,11). The molecule has 0 fully saturated rings. The third-order valence-corrected chi connectivity index (χ3v) is 4.20. The second-order valence-electron chi connectivity index (χ2n) is 3.13. The normalized spacial score (nSPS) is 13.3. The fourth-order valence-corrected chi connectivity index (χ4v) is 2.50. The Balaban J connectivity index is 2.96. The van der Waals surface area contributed by atoms with Crippen LogP contribution in [0.4, 0.5) is 0 Å². The van der Waals surface area contributed by atoms with E-state index in [1.165, 1.54) is 24.3 Å². The quantitative estimate of drug-likeness (QED) is 0.842. The second kappa shape index (κ2) is 4.75. The largest absolute Gasteiger partial charge is 0.481 e. The summed E-state index contributed by atoms with van der Waals surface area (Å²) in [4.78, 5) is 10.7. The first-order valence-corrected chi connectivity index (χ1v) is 7.42. The Kier molecular flexibility index (Phi) is 3.82. The summed E-state index contributed by atoms with van der Waals surface area (Å²) in [6.45, 7) is 0. The number of hydrogen-bond acceptors (Lipinski definition) is 4. The molecule has 0 spiro atoms. The molecule has 0 aliphatic heterocycles. The number of carboxylic acid groups (broad SMARTS) is 1. The average molecular weight is 262 g/mol. The lowest BCUT2D eigenvalue weighted by Crippen LogP contribution is -2.09. The van der Waals surface area contributed by atoms with Gasteiger partial charge in [0.15, 0.2) is 9.84 Å². The number of carboxylic acids is 1. The zero-order valence-corrected chi connectivity index (χ0v) is 10.0. The van der Waals surface area contributed by atoms with Crippen LogP contribution in [0.2, 0.25) is 0 Å². The first-order chi connectivity index (χ1) is 7.30. The highest BCUT2D eigenvalue weighted by atomic mass is 32.2. The van der Waals surface area contributed by atoms with Crippen molar-refractivity contribution < 1.29 is 22.5 Å². The van der Waals surface area contributed by atoms with Crippen LogP contribution in [0.3, 0.4) is 0 Å². The highest BCUT2D eigenvalue weighted by Crippen LogP contribution is 2.13. The topological polar surface area (TPSA) is 88.5 Å². The smallest absolute Gasteiger partial charge is 0.316 e. The van der Waals surface area contributed by atoms with Gasteiger partial charge in [0.05, 0.1) is 15.7 Å². The predicted molar refractivity (Wildman–Crippen MR) is 58.5 cm³/mol. The SMILES string of the molecule is CS(=O)(=O)c1ccc(S(=O)CC(=O)O)cc1. The number of aliphatic carboxylic acids is 1. The van der Waals surface area contributed by atoms with Gasteiger partial charge >= 0.3 is 5.97 Å². The van der Waals surface area contributed by atoms with Crippen molar-refractivity contribution in [3.8, 4) is 0 Å². The van der Waals surface area contributed by atoms with E-state index in [1.807, 2.05) is 0 Å². The Morgan fingerprint density at radius 2 is 1.81 bits per heavy atom. The molecule has 7 heteroatoms. The van der Waals surface area contributed by atoms with Crippen LogP contribution in [0.5, 0.6) is 0 Å².